The molecule has 7 nitrogen and oxygen atoms in total. The van der Waals surface area contributed by atoms with E-state index in [0.717, 1.165) is 35.5 Å². The predicted octanol–water partition coefficient (Wildman–Crippen LogP) is 6.10. The van der Waals surface area contributed by atoms with Gasteiger partial charge in [0.2, 0.25) is 5.91 Å². The van der Waals surface area contributed by atoms with Crippen LogP contribution in [0.4, 0.5) is 0 Å². The van der Waals surface area contributed by atoms with Gasteiger partial charge in [0.15, 0.2) is 0 Å². The van der Waals surface area contributed by atoms with Crippen molar-refractivity contribution in [1.82, 2.24) is 10.3 Å². The Hall–Kier alpha value is -1.61. The topological polar surface area (TPSA) is 112 Å². The lowest BCUT2D eigenvalue weighted by atomic mass is 9.60. The van der Waals surface area contributed by atoms with Gasteiger partial charge in [0.05, 0.1) is 52.5 Å². The summed E-state index contributed by atoms with van der Waals surface area (Å²) in [5.41, 5.74) is -0.663. The highest BCUT2D eigenvalue weighted by Gasteiger charge is 2.53. The average Bonchev–Trinajstić information content (AvgIpc) is 3.31. The molecular weight excluding hydrogens is 536 g/mol. The number of ketones is 1. The van der Waals surface area contributed by atoms with Crippen LogP contribution in [0.3, 0.4) is 0 Å². The molecule has 3 N–H and O–H groups in total. The lowest BCUT2D eigenvalue weighted by Gasteiger charge is -2.45. The molecule has 0 aromatic carbocycles. The quantitative estimate of drug-likeness (QED) is 0.359. The fourth-order valence-corrected chi connectivity index (χ4v) is 7.05. The lowest BCUT2D eigenvalue weighted by molar-refractivity contribution is -0.150. The molecule has 1 unspecified atom stereocenters. The first-order valence-electron chi connectivity index (χ1n) is 15.2. The Bertz CT molecular complexity index is 1140. The van der Waals surface area contributed by atoms with Crippen LogP contribution in [0.5, 0.6) is 0 Å². The fourth-order valence-electron chi connectivity index (χ4n) is 6.48. The second-order valence-electron chi connectivity index (χ2n) is 14.9. The van der Waals surface area contributed by atoms with Gasteiger partial charge in [-0.2, -0.15) is 0 Å². The number of aliphatic hydroxyl groups is 2. The van der Waals surface area contributed by atoms with Crippen molar-refractivity contribution in [3.05, 3.63) is 21.7 Å². The number of rotatable bonds is 2. The largest absolute Gasteiger partial charge is 0.393 e. The third-order valence-electron chi connectivity index (χ3n) is 10.7. The molecular formula is C33H54N2O5S. The lowest BCUT2D eigenvalue weighted by Crippen LogP contribution is -2.52. The van der Waals surface area contributed by atoms with E-state index in [1.54, 1.807) is 25.2 Å². The van der Waals surface area contributed by atoms with Gasteiger partial charge in [0, 0.05) is 17.2 Å². The second kappa shape index (κ2) is 12.2. The van der Waals surface area contributed by atoms with Crippen LogP contribution in [0.1, 0.15) is 112 Å². The molecule has 232 valence electrons. The Morgan fingerprint density at radius 1 is 1.05 bits per heavy atom. The number of hydrogen-bond donors (Lipinski definition) is 3. The van der Waals surface area contributed by atoms with Crippen molar-refractivity contribution in [3.63, 3.8) is 0 Å². The molecule has 0 spiro atoms. The predicted molar refractivity (Wildman–Crippen MR) is 165 cm³/mol. The standard InChI is InChI=1S/C33H54N2O5S/c1-19(15-23-18-41-22(4)34-23)24-16-26-33(11,40-26)14-12-13-30(5,6)20(2)28(38)21(3)31(7,8)29(39)32(9,10)25(36)17-27(37)35-24/h15,18,20-21,24-26,28,36,38H,12-14,16-17H2,1-11H3,(H,35,37)/b19-15+/t20?,21-,24+,25+,26+,28+,33-/m1/s1. The van der Waals surface area contributed by atoms with E-state index in [2.05, 4.69) is 38.0 Å². The van der Waals surface area contributed by atoms with E-state index in [1.165, 1.54) is 0 Å². The molecule has 41 heavy (non-hydrogen) atoms. The van der Waals surface area contributed by atoms with Gasteiger partial charge in [-0.1, -0.05) is 55.4 Å². The molecule has 1 aromatic rings. The molecule has 3 rings (SSSR count). The molecule has 1 aromatic heterocycles. The highest BCUT2D eigenvalue weighted by molar-refractivity contribution is 7.09. The summed E-state index contributed by atoms with van der Waals surface area (Å²) in [6, 6.07) is -0.288. The monoisotopic (exact) mass is 590 g/mol. The Balaban J connectivity index is 1.94. The number of Topliss-reactive ketones (excluding diaryl/α,β-unsaturated/α-hetero) is 1. The SMILES string of the molecule is C/C(=C\c1csc(C)n1)[C@@H]1C[C@@H]2O[C@]2(C)CCCC(C)(C)C(C)[C@H](O)[C@@H](C)C(C)(C)C(=O)C(C)(C)[C@@H](O)CC(=O)N1. The first kappa shape index (κ1) is 33.9. The maximum absolute atomic E-state index is 14.0. The molecule has 2 aliphatic heterocycles. The van der Waals surface area contributed by atoms with E-state index in [9.17, 15) is 19.8 Å². The van der Waals surface area contributed by atoms with E-state index in [1.807, 2.05) is 46.1 Å². The van der Waals surface area contributed by atoms with Crippen molar-refractivity contribution in [3.8, 4) is 0 Å². The molecule has 2 fully saturated rings. The molecule has 3 heterocycles. The normalized spacial score (nSPS) is 37.0. The van der Waals surface area contributed by atoms with Crippen molar-refractivity contribution in [2.24, 2.45) is 28.1 Å². The molecule has 0 aliphatic carbocycles. The fraction of sp³-hybridized carbons (Fsp3) is 0.788. The van der Waals surface area contributed by atoms with E-state index in [4.69, 9.17) is 4.74 Å². The van der Waals surface area contributed by atoms with Crippen LogP contribution in [0.2, 0.25) is 0 Å². The van der Waals surface area contributed by atoms with Crippen LogP contribution in [-0.4, -0.2) is 56.8 Å². The van der Waals surface area contributed by atoms with Crippen molar-refractivity contribution >= 4 is 29.1 Å². The molecule has 0 radical (unpaired) electrons. The summed E-state index contributed by atoms with van der Waals surface area (Å²) in [7, 11) is 0. The number of fused-ring (bicyclic) bond motifs is 1. The van der Waals surface area contributed by atoms with Gasteiger partial charge in [0.25, 0.3) is 0 Å². The number of nitrogens with one attached hydrogen (secondary N) is 1. The number of epoxide rings is 1. The number of thiazole rings is 1. The van der Waals surface area contributed by atoms with Gasteiger partial charge >= 0.3 is 0 Å². The van der Waals surface area contributed by atoms with Crippen molar-refractivity contribution in [2.75, 3.05) is 0 Å². The van der Waals surface area contributed by atoms with Crippen molar-refractivity contribution < 1.29 is 24.5 Å². The second-order valence-corrected chi connectivity index (χ2v) is 15.9. The zero-order valence-electron chi connectivity index (χ0n) is 27.1. The Morgan fingerprint density at radius 3 is 2.27 bits per heavy atom. The van der Waals surface area contributed by atoms with Crippen LogP contribution in [-0.2, 0) is 14.3 Å². The van der Waals surface area contributed by atoms with Crippen LogP contribution >= 0.6 is 11.3 Å². The summed E-state index contributed by atoms with van der Waals surface area (Å²) in [6.07, 6.45) is 3.32. The Morgan fingerprint density at radius 2 is 1.68 bits per heavy atom. The summed E-state index contributed by atoms with van der Waals surface area (Å²) in [4.78, 5) is 31.8. The minimum absolute atomic E-state index is 0.00194. The van der Waals surface area contributed by atoms with Crippen LogP contribution in [0.25, 0.3) is 6.08 Å². The number of nitrogens with zero attached hydrogens (tertiary/aromatic N) is 1. The van der Waals surface area contributed by atoms with Gasteiger partial charge < -0.3 is 20.3 Å². The third-order valence-corrected chi connectivity index (χ3v) is 11.4. The summed E-state index contributed by atoms with van der Waals surface area (Å²) in [5, 5.41) is 28.9. The van der Waals surface area contributed by atoms with Gasteiger partial charge in [-0.15, -0.1) is 11.3 Å². The zero-order valence-corrected chi connectivity index (χ0v) is 27.9. The maximum Gasteiger partial charge on any atom is 0.223 e. The van der Waals surface area contributed by atoms with E-state index in [0.29, 0.717) is 6.42 Å². The number of amides is 1. The Labute approximate surface area is 251 Å². The molecule has 0 bridgehead atoms. The molecule has 8 heteroatoms. The van der Waals surface area contributed by atoms with Crippen molar-refractivity contribution in [2.45, 2.75) is 138 Å². The third kappa shape index (κ3) is 7.49. The van der Waals surface area contributed by atoms with Crippen molar-refractivity contribution in [1.29, 1.82) is 0 Å². The van der Waals surface area contributed by atoms with E-state index < -0.39 is 23.0 Å². The molecule has 2 aliphatic rings. The first-order chi connectivity index (χ1) is 18.7. The molecule has 7 atom stereocenters. The van der Waals surface area contributed by atoms with Gasteiger partial charge in [-0.05, 0) is 68.9 Å². The maximum atomic E-state index is 14.0. The van der Waals surface area contributed by atoms with Gasteiger partial charge in [0.1, 0.15) is 5.78 Å². The summed E-state index contributed by atoms with van der Waals surface area (Å²) in [5.74, 6) is -0.854. The van der Waals surface area contributed by atoms with E-state index >= 15 is 0 Å². The molecule has 2 saturated heterocycles. The number of aromatic nitrogens is 1. The highest BCUT2D eigenvalue weighted by atomic mass is 32.1. The summed E-state index contributed by atoms with van der Waals surface area (Å²) in [6.45, 7) is 21.6. The van der Waals surface area contributed by atoms with E-state index in [-0.39, 0.29) is 53.1 Å². The number of carbonyl (C=O) groups is 2. The number of hydrogen-bond acceptors (Lipinski definition) is 7. The average molecular weight is 591 g/mol. The van der Waals surface area contributed by atoms with Gasteiger partial charge in [-0.25, -0.2) is 4.98 Å². The highest BCUT2D eigenvalue weighted by Crippen LogP contribution is 2.47. The van der Waals surface area contributed by atoms with Gasteiger partial charge in [-0.3, -0.25) is 9.59 Å². The smallest absolute Gasteiger partial charge is 0.223 e. The van der Waals surface area contributed by atoms with Crippen LogP contribution < -0.4 is 5.32 Å². The minimum Gasteiger partial charge on any atom is -0.393 e. The Kier molecular flexibility index (Phi) is 10.1. The first-order valence-corrected chi connectivity index (χ1v) is 16.1. The number of carbonyl (C=O) groups excluding carboxylic acids is 2. The number of ether oxygens (including phenoxy) is 1. The molecule has 0 saturated carbocycles. The minimum atomic E-state index is -1.18. The van der Waals surface area contributed by atoms with Crippen LogP contribution in [0.15, 0.2) is 11.0 Å². The van der Waals surface area contributed by atoms with Crippen LogP contribution in [0, 0.1) is 35.0 Å². The zero-order chi connectivity index (χ0) is 31.1. The summed E-state index contributed by atoms with van der Waals surface area (Å²) < 4.78 is 6.23. The molecule has 1 amide bonds. The number of aliphatic hydroxyl groups excluding tert-OH is 2. The summed E-state index contributed by atoms with van der Waals surface area (Å²) >= 11 is 1.58. The number of aryl methyl sites for hydroxylation is 1.